The maximum atomic E-state index is 11.5. The summed E-state index contributed by atoms with van der Waals surface area (Å²) in [6, 6.07) is 7.62. The molecule has 0 aromatic heterocycles. The van der Waals surface area contributed by atoms with Crippen LogP contribution < -0.4 is 15.8 Å². The van der Waals surface area contributed by atoms with Crippen LogP contribution in [0, 0.1) is 0 Å². The minimum absolute atomic E-state index is 0.107. The van der Waals surface area contributed by atoms with Crippen molar-refractivity contribution < 1.29 is 8.42 Å². The Morgan fingerprint density at radius 3 is 2.41 bits per heavy atom. The molecule has 0 radical (unpaired) electrons. The molecule has 7 nitrogen and oxygen atoms in total. The normalized spacial score (nSPS) is 12.9. The van der Waals surface area contributed by atoms with Crippen LogP contribution >= 0.6 is 0 Å². The zero-order valence-corrected chi connectivity index (χ0v) is 18.0. The number of hydrogen-bond acceptors (Lipinski definition) is 4. The molecular formula is C19H35N5O2S. The van der Waals surface area contributed by atoms with E-state index in [0.717, 1.165) is 37.6 Å². The second-order valence-corrected chi connectivity index (χ2v) is 8.65. The summed E-state index contributed by atoms with van der Waals surface area (Å²) in [5, 5.41) is 11.7. The number of nitrogens with two attached hydrogens (primary N) is 1. The van der Waals surface area contributed by atoms with Gasteiger partial charge in [-0.15, -0.1) is 0 Å². The molecule has 27 heavy (non-hydrogen) atoms. The molecule has 4 N–H and O–H groups in total. The van der Waals surface area contributed by atoms with Crippen LogP contribution in [0.15, 0.2) is 34.2 Å². The molecule has 0 unspecified atom stereocenters. The first-order valence-corrected chi connectivity index (χ1v) is 11.1. The molecule has 0 saturated heterocycles. The molecule has 0 fully saturated rings. The van der Waals surface area contributed by atoms with E-state index in [2.05, 4.69) is 48.2 Å². The van der Waals surface area contributed by atoms with Crippen molar-refractivity contribution in [3.63, 3.8) is 0 Å². The predicted octanol–water partition coefficient (Wildman–Crippen LogP) is 1.90. The number of benzene rings is 1. The Balaban J connectivity index is 2.63. The average molecular weight is 398 g/mol. The highest BCUT2D eigenvalue weighted by Crippen LogP contribution is 2.10. The highest BCUT2D eigenvalue weighted by molar-refractivity contribution is 7.89. The number of guanidine groups is 1. The molecule has 0 heterocycles. The van der Waals surface area contributed by atoms with Crippen molar-refractivity contribution in [2.75, 3.05) is 19.6 Å². The Labute approximate surface area is 164 Å². The number of nitrogens with zero attached hydrogens (tertiary/aromatic N) is 2. The Morgan fingerprint density at radius 2 is 1.85 bits per heavy atom. The molecule has 0 spiro atoms. The molecule has 0 aliphatic carbocycles. The minimum atomic E-state index is -3.70. The van der Waals surface area contributed by atoms with Gasteiger partial charge in [-0.1, -0.05) is 12.1 Å². The Morgan fingerprint density at radius 1 is 1.19 bits per heavy atom. The Kier molecular flexibility index (Phi) is 9.76. The van der Waals surface area contributed by atoms with Crippen molar-refractivity contribution in [1.82, 2.24) is 15.5 Å². The summed E-state index contributed by atoms with van der Waals surface area (Å²) in [4.78, 5) is 7.11. The van der Waals surface area contributed by atoms with Crippen LogP contribution in [0.25, 0.3) is 0 Å². The van der Waals surface area contributed by atoms with E-state index in [4.69, 9.17) is 5.14 Å². The molecule has 1 rings (SSSR count). The van der Waals surface area contributed by atoms with Crippen molar-refractivity contribution in [2.24, 2.45) is 10.1 Å². The molecule has 1 aromatic carbocycles. The molecule has 0 saturated carbocycles. The molecule has 0 aliphatic rings. The lowest BCUT2D eigenvalue weighted by Gasteiger charge is -2.30. The first kappa shape index (κ1) is 23.4. The van der Waals surface area contributed by atoms with Gasteiger partial charge >= 0.3 is 0 Å². The van der Waals surface area contributed by atoms with E-state index in [1.807, 2.05) is 13.0 Å². The van der Waals surface area contributed by atoms with E-state index in [-0.39, 0.29) is 4.90 Å². The van der Waals surface area contributed by atoms with Crippen molar-refractivity contribution in [2.45, 2.75) is 64.6 Å². The summed E-state index contributed by atoms with van der Waals surface area (Å²) in [5.74, 6) is 0.721. The number of hydrogen-bond donors (Lipinski definition) is 3. The molecule has 1 aromatic rings. The zero-order chi connectivity index (χ0) is 20.4. The van der Waals surface area contributed by atoms with E-state index in [0.29, 0.717) is 18.6 Å². The topological polar surface area (TPSA) is 99.8 Å². The second kappa shape index (κ2) is 11.3. The summed E-state index contributed by atoms with van der Waals surface area (Å²) >= 11 is 0. The largest absolute Gasteiger partial charge is 0.357 e. The number of rotatable bonds is 10. The molecule has 154 valence electrons. The van der Waals surface area contributed by atoms with Crippen LogP contribution in [0.4, 0.5) is 0 Å². The van der Waals surface area contributed by atoms with Gasteiger partial charge in [-0.25, -0.2) is 18.5 Å². The van der Waals surface area contributed by atoms with E-state index < -0.39 is 10.0 Å². The average Bonchev–Trinajstić information content (AvgIpc) is 2.58. The van der Waals surface area contributed by atoms with Crippen LogP contribution in [0.2, 0.25) is 0 Å². The smallest absolute Gasteiger partial charge is 0.238 e. The summed E-state index contributed by atoms with van der Waals surface area (Å²) in [7, 11) is -3.70. The van der Waals surface area contributed by atoms with Crippen LogP contribution in [0.5, 0.6) is 0 Å². The Hall–Kier alpha value is -1.64. The van der Waals surface area contributed by atoms with Gasteiger partial charge in [-0.2, -0.15) is 0 Å². The van der Waals surface area contributed by atoms with Gasteiger partial charge in [-0.05, 0) is 58.7 Å². The third-order valence-corrected chi connectivity index (χ3v) is 5.11. The van der Waals surface area contributed by atoms with Crippen molar-refractivity contribution in [3.05, 3.63) is 29.8 Å². The maximum absolute atomic E-state index is 11.5. The minimum Gasteiger partial charge on any atom is -0.357 e. The second-order valence-electron chi connectivity index (χ2n) is 7.09. The van der Waals surface area contributed by atoms with Gasteiger partial charge in [0, 0.05) is 31.7 Å². The lowest BCUT2D eigenvalue weighted by atomic mass is 10.2. The quantitative estimate of drug-likeness (QED) is 0.318. The Bertz CT molecular complexity index is 694. The number of sulfonamides is 1. The van der Waals surface area contributed by atoms with Gasteiger partial charge in [0.05, 0.1) is 11.4 Å². The molecule has 0 atom stereocenters. The van der Waals surface area contributed by atoms with Gasteiger partial charge in [0.25, 0.3) is 0 Å². The fourth-order valence-electron chi connectivity index (χ4n) is 2.91. The van der Waals surface area contributed by atoms with Crippen LogP contribution in [-0.2, 0) is 16.6 Å². The third kappa shape index (κ3) is 8.73. The summed E-state index contributed by atoms with van der Waals surface area (Å²) < 4.78 is 22.9. The molecular weight excluding hydrogens is 362 g/mol. The first-order valence-electron chi connectivity index (χ1n) is 9.54. The molecule has 0 aliphatic heterocycles. The van der Waals surface area contributed by atoms with Crippen molar-refractivity contribution in [3.8, 4) is 0 Å². The van der Waals surface area contributed by atoms with E-state index in [9.17, 15) is 8.42 Å². The van der Waals surface area contributed by atoms with E-state index in [1.165, 1.54) is 6.07 Å². The SMILES string of the molecule is CCNC(=NCc1cccc(S(N)(=O)=O)c1)NCCCN(C(C)C)C(C)C. The molecule has 8 heteroatoms. The van der Waals surface area contributed by atoms with Gasteiger partial charge in [0.2, 0.25) is 10.0 Å². The number of primary sulfonamides is 1. The van der Waals surface area contributed by atoms with Gasteiger partial charge in [0.1, 0.15) is 0 Å². The number of nitrogens with one attached hydrogen (secondary N) is 2. The highest BCUT2D eigenvalue weighted by atomic mass is 32.2. The fourth-order valence-corrected chi connectivity index (χ4v) is 3.50. The predicted molar refractivity (Wildman–Crippen MR) is 112 cm³/mol. The standard InChI is InChI=1S/C19H35N5O2S/c1-6-21-19(22-11-8-12-24(15(2)3)16(4)5)23-14-17-9-7-10-18(13-17)27(20,25)26/h7,9-10,13,15-16H,6,8,11-12,14H2,1-5H3,(H2,20,25,26)(H2,21,22,23). The fraction of sp³-hybridized carbons (Fsp3) is 0.632. The summed E-state index contributed by atoms with van der Waals surface area (Å²) in [6.07, 6.45) is 1.02. The molecule has 0 bridgehead atoms. The highest BCUT2D eigenvalue weighted by Gasteiger charge is 2.12. The van der Waals surface area contributed by atoms with Gasteiger partial charge in [-0.3, -0.25) is 4.90 Å². The lowest BCUT2D eigenvalue weighted by Crippen LogP contribution is -2.41. The third-order valence-electron chi connectivity index (χ3n) is 4.20. The van der Waals surface area contributed by atoms with Gasteiger partial charge < -0.3 is 10.6 Å². The van der Waals surface area contributed by atoms with Crippen LogP contribution in [0.3, 0.4) is 0 Å². The van der Waals surface area contributed by atoms with Gasteiger partial charge in [0.15, 0.2) is 5.96 Å². The van der Waals surface area contributed by atoms with Crippen molar-refractivity contribution in [1.29, 1.82) is 0 Å². The number of aliphatic imine (C=N–C) groups is 1. The maximum Gasteiger partial charge on any atom is 0.238 e. The zero-order valence-electron chi connectivity index (χ0n) is 17.2. The van der Waals surface area contributed by atoms with Crippen molar-refractivity contribution >= 4 is 16.0 Å². The van der Waals surface area contributed by atoms with E-state index in [1.54, 1.807) is 12.1 Å². The monoisotopic (exact) mass is 397 g/mol. The first-order chi connectivity index (χ1) is 12.6. The lowest BCUT2D eigenvalue weighted by molar-refractivity contribution is 0.173. The van der Waals surface area contributed by atoms with E-state index >= 15 is 0 Å². The molecule has 0 amide bonds. The van der Waals surface area contributed by atoms with Crippen LogP contribution in [0.1, 0.15) is 46.6 Å². The summed E-state index contributed by atoms with van der Waals surface area (Å²) in [5.41, 5.74) is 0.796. The summed E-state index contributed by atoms with van der Waals surface area (Å²) in [6.45, 7) is 13.9. The van der Waals surface area contributed by atoms with Crippen LogP contribution in [-0.4, -0.2) is 51.0 Å².